The van der Waals surface area contributed by atoms with Gasteiger partial charge in [-0.05, 0) is 11.4 Å². The highest BCUT2D eigenvalue weighted by Gasteiger charge is 2.45. The van der Waals surface area contributed by atoms with E-state index in [9.17, 15) is 30.8 Å². The third-order valence-electron chi connectivity index (χ3n) is 2.45. The topological polar surface area (TPSA) is 75.7 Å². The number of carbonyl (C=O) groups excluding carboxylic acids is 1. The zero-order valence-electron chi connectivity index (χ0n) is 9.78. The van der Waals surface area contributed by atoms with E-state index in [2.05, 4.69) is 10.2 Å². The number of halogens is 4. The zero-order valence-corrected chi connectivity index (χ0v) is 10.6. The molecule has 0 spiro atoms. The maximum atomic E-state index is 13.0. The Kier molecular flexibility index (Phi) is 4.74. The van der Waals surface area contributed by atoms with E-state index in [-0.39, 0.29) is 11.0 Å². The minimum absolute atomic E-state index is 0.0299. The second kappa shape index (κ2) is 5.59. The lowest BCUT2D eigenvalue weighted by Crippen LogP contribution is -2.60. The van der Waals surface area contributed by atoms with Crippen molar-refractivity contribution in [3.05, 3.63) is 0 Å². The standard InChI is InChI=1S/C8H12F4N2O4S/c1-2-19(16,17)14(4-6-5(9)3-13-6)18-7(15)8(10,11)12/h5-6,13H,2-4H2,1H3/t5-,6-/m1/s1. The summed E-state index contributed by atoms with van der Waals surface area (Å²) in [5, 5.41) is 2.48. The third-order valence-corrected chi connectivity index (χ3v) is 4.02. The molecule has 6 nitrogen and oxygen atoms in total. The molecule has 1 rings (SSSR count). The van der Waals surface area contributed by atoms with Gasteiger partial charge in [-0.25, -0.2) is 17.6 Å². The summed E-state index contributed by atoms with van der Waals surface area (Å²) in [6, 6.07) is -0.998. The number of hydroxylamine groups is 1. The van der Waals surface area contributed by atoms with Gasteiger partial charge in [0, 0.05) is 6.54 Å². The monoisotopic (exact) mass is 308 g/mol. The molecule has 0 bridgehead atoms. The molecule has 0 radical (unpaired) electrons. The smallest absolute Gasteiger partial charge is 0.345 e. The van der Waals surface area contributed by atoms with E-state index in [1.165, 1.54) is 0 Å². The zero-order chi connectivity index (χ0) is 14.8. The Balaban J connectivity index is 2.79. The number of alkyl halides is 4. The highest BCUT2D eigenvalue weighted by atomic mass is 32.2. The molecular weight excluding hydrogens is 296 g/mol. The lowest BCUT2D eigenvalue weighted by molar-refractivity contribution is -0.224. The van der Waals surface area contributed by atoms with E-state index in [0.717, 1.165) is 6.92 Å². The van der Waals surface area contributed by atoms with Crippen molar-refractivity contribution < 1.29 is 35.6 Å². The van der Waals surface area contributed by atoms with Crippen molar-refractivity contribution in [1.82, 2.24) is 9.79 Å². The molecule has 1 aliphatic rings. The average molecular weight is 308 g/mol. The van der Waals surface area contributed by atoms with Gasteiger partial charge in [0.25, 0.3) is 0 Å². The minimum atomic E-state index is -5.33. The summed E-state index contributed by atoms with van der Waals surface area (Å²) >= 11 is 0. The van der Waals surface area contributed by atoms with Crippen LogP contribution in [0.1, 0.15) is 6.92 Å². The van der Waals surface area contributed by atoms with Gasteiger partial charge in [0.05, 0.1) is 18.3 Å². The van der Waals surface area contributed by atoms with Gasteiger partial charge in [0.2, 0.25) is 10.0 Å². The highest BCUT2D eigenvalue weighted by Crippen LogP contribution is 2.20. The van der Waals surface area contributed by atoms with Crippen LogP contribution in [0.5, 0.6) is 0 Å². The number of hydrogen-bond acceptors (Lipinski definition) is 5. The molecule has 1 heterocycles. The Morgan fingerprint density at radius 1 is 1.47 bits per heavy atom. The summed E-state index contributed by atoms with van der Waals surface area (Å²) in [5.41, 5.74) is 0. The molecule has 1 fully saturated rings. The summed E-state index contributed by atoms with van der Waals surface area (Å²) < 4.78 is 71.9. The Hall–Kier alpha value is -0.940. The van der Waals surface area contributed by atoms with Crippen molar-refractivity contribution in [3.8, 4) is 0 Å². The van der Waals surface area contributed by atoms with Crippen molar-refractivity contribution in [2.75, 3.05) is 18.8 Å². The largest absolute Gasteiger partial charge is 0.492 e. The van der Waals surface area contributed by atoms with Gasteiger partial charge in [-0.3, -0.25) is 0 Å². The first-order valence-electron chi connectivity index (χ1n) is 5.25. The molecule has 112 valence electrons. The van der Waals surface area contributed by atoms with E-state index in [1.807, 2.05) is 0 Å². The first-order chi connectivity index (χ1) is 8.58. The average Bonchev–Trinajstić information content (AvgIpc) is 2.30. The van der Waals surface area contributed by atoms with Gasteiger partial charge in [-0.15, -0.1) is 0 Å². The van der Waals surface area contributed by atoms with Gasteiger partial charge < -0.3 is 10.2 Å². The summed E-state index contributed by atoms with van der Waals surface area (Å²) in [4.78, 5) is 14.4. The van der Waals surface area contributed by atoms with Crippen molar-refractivity contribution in [2.24, 2.45) is 0 Å². The molecule has 19 heavy (non-hydrogen) atoms. The van der Waals surface area contributed by atoms with E-state index >= 15 is 0 Å². The molecule has 0 unspecified atom stereocenters. The van der Waals surface area contributed by atoms with Crippen molar-refractivity contribution in [3.63, 3.8) is 0 Å². The summed E-state index contributed by atoms with van der Waals surface area (Å²) in [5.74, 6) is -3.25. The molecule has 1 N–H and O–H groups in total. The SMILES string of the molecule is CCS(=O)(=O)N(C[C@H]1NC[C@H]1F)OC(=O)C(F)(F)F. The summed E-state index contributed by atoms with van der Waals surface area (Å²) in [6.45, 7) is 0.419. The maximum absolute atomic E-state index is 13.0. The van der Waals surface area contributed by atoms with Crippen LogP contribution in [0.15, 0.2) is 0 Å². The lowest BCUT2D eigenvalue weighted by atomic mass is 10.1. The van der Waals surface area contributed by atoms with Gasteiger partial charge >= 0.3 is 12.1 Å². The number of nitrogens with zero attached hydrogens (tertiary/aromatic N) is 1. The molecule has 0 aliphatic carbocycles. The van der Waals surface area contributed by atoms with Crippen molar-refractivity contribution in [1.29, 1.82) is 0 Å². The molecule has 0 amide bonds. The summed E-state index contributed by atoms with van der Waals surface area (Å²) in [7, 11) is -4.23. The Bertz CT molecular complexity index is 439. The van der Waals surface area contributed by atoms with Crippen LogP contribution >= 0.6 is 0 Å². The minimum Gasteiger partial charge on any atom is -0.345 e. The number of sulfonamides is 1. The van der Waals surface area contributed by atoms with Crippen LogP contribution in [0.2, 0.25) is 0 Å². The maximum Gasteiger partial charge on any atom is 0.492 e. The Morgan fingerprint density at radius 2 is 2.05 bits per heavy atom. The van der Waals surface area contributed by atoms with Crippen LogP contribution in [0.25, 0.3) is 0 Å². The number of nitrogens with one attached hydrogen (secondary N) is 1. The van der Waals surface area contributed by atoms with Gasteiger partial charge in [0.15, 0.2) is 0 Å². The fraction of sp³-hybridized carbons (Fsp3) is 0.875. The normalized spacial score (nSPS) is 24.1. The third kappa shape index (κ3) is 4.01. The highest BCUT2D eigenvalue weighted by molar-refractivity contribution is 7.88. The van der Waals surface area contributed by atoms with E-state index < -0.39 is 46.7 Å². The van der Waals surface area contributed by atoms with Crippen LogP contribution in [-0.4, -0.2) is 56.1 Å². The van der Waals surface area contributed by atoms with Crippen LogP contribution < -0.4 is 5.32 Å². The lowest BCUT2D eigenvalue weighted by Gasteiger charge is -2.34. The fourth-order valence-electron chi connectivity index (χ4n) is 1.21. The predicted octanol–water partition coefficient (Wildman–Crippen LogP) is -0.0315. The van der Waals surface area contributed by atoms with Crippen LogP contribution in [0, 0.1) is 0 Å². The first-order valence-corrected chi connectivity index (χ1v) is 6.86. The van der Waals surface area contributed by atoms with E-state index in [0.29, 0.717) is 0 Å². The molecule has 0 aromatic rings. The molecule has 0 saturated carbocycles. The quantitative estimate of drug-likeness (QED) is 0.570. The molecule has 11 heteroatoms. The van der Waals surface area contributed by atoms with Crippen LogP contribution in [0.4, 0.5) is 17.6 Å². The molecule has 1 aliphatic heterocycles. The molecule has 2 atom stereocenters. The van der Waals surface area contributed by atoms with E-state index in [1.54, 1.807) is 0 Å². The van der Waals surface area contributed by atoms with Gasteiger partial charge in [-0.2, -0.15) is 13.2 Å². The molecule has 0 aromatic heterocycles. The second-order valence-corrected chi connectivity index (χ2v) is 5.94. The van der Waals surface area contributed by atoms with Crippen molar-refractivity contribution in [2.45, 2.75) is 25.3 Å². The summed E-state index contributed by atoms with van der Waals surface area (Å²) in [6.07, 6.45) is -6.73. The fourth-order valence-corrected chi connectivity index (χ4v) is 2.07. The van der Waals surface area contributed by atoms with Crippen LogP contribution in [-0.2, 0) is 19.7 Å². The Morgan fingerprint density at radius 3 is 2.37 bits per heavy atom. The Labute approximate surface area is 106 Å². The molecule has 1 saturated heterocycles. The van der Waals surface area contributed by atoms with Crippen LogP contribution in [0.3, 0.4) is 0 Å². The number of carbonyl (C=O) groups is 1. The number of hydrogen-bond donors (Lipinski definition) is 1. The van der Waals surface area contributed by atoms with E-state index in [4.69, 9.17) is 0 Å². The second-order valence-electron chi connectivity index (χ2n) is 3.79. The van der Waals surface area contributed by atoms with Gasteiger partial charge in [0.1, 0.15) is 6.17 Å². The van der Waals surface area contributed by atoms with Crippen molar-refractivity contribution >= 4 is 16.0 Å². The van der Waals surface area contributed by atoms with Gasteiger partial charge in [-0.1, -0.05) is 0 Å². The predicted molar refractivity (Wildman–Crippen MR) is 55.0 cm³/mol. The first kappa shape index (κ1) is 16.1. The molecular formula is C8H12F4N2O4S. The molecule has 0 aromatic carbocycles. The number of rotatable bonds is 5.